The second-order valence-electron chi connectivity index (χ2n) is 3.30. The SMILES string of the molecule is COC(=O)C(=O)C(C)C(=O)c1nccn1C. The molecule has 1 rings (SSSR count). The van der Waals surface area contributed by atoms with E-state index in [-0.39, 0.29) is 5.82 Å². The van der Waals surface area contributed by atoms with Gasteiger partial charge in [0, 0.05) is 19.4 Å². The van der Waals surface area contributed by atoms with Gasteiger partial charge < -0.3 is 9.30 Å². The summed E-state index contributed by atoms with van der Waals surface area (Å²) in [6.07, 6.45) is 3.03. The number of imidazole rings is 1. The maximum atomic E-state index is 11.8. The summed E-state index contributed by atoms with van der Waals surface area (Å²) in [6, 6.07) is 0. The number of hydrogen-bond acceptors (Lipinski definition) is 5. The second kappa shape index (κ2) is 4.69. The number of esters is 1. The minimum atomic E-state index is -1.08. The highest BCUT2D eigenvalue weighted by Crippen LogP contribution is 2.08. The summed E-state index contributed by atoms with van der Waals surface area (Å²) in [5.41, 5.74) is 0. The number of methoxy groups -OCH3 is 1. The Kier molecular flexibility index (Phi) is 3.55. The molecule has 0 N–H and O–H groups in total. The molecule has 1 atom stereocenters. The van der Waals surface area contributed by atoms with Crippen molar-refractivity contribution in [2.75, 3.05) is 7.11 Å². The number of carbonyl (C=O) groups is 3. The highest BCUT2D eigenvalue weighted by Gasteiger charge is 2.30. The van der Waals surface area contributed by atoms with Gasteiger partial charge in [-0.2, -0.15) is 0 Å². The lowest BCUT2D eigenvalue weighted by Gasteiger charge is -2.07. The molecule has 0 saturated heterocycles. The van der Waals surface area contributed by atoms with E-state index >= 15 is 0 Å². The van der Waals surface area contributed by atoms with Gasteiger partial charge in [-0.05, 0) is 6.92 Å². The summed E-state index contributed by atoms with van der Waals surface area (Å²) in [6.45, 7) is 1.36. The number of nitrogens with zero attached hydrogens (tertiary/aromatic N) is 2. The Morgan fingerprint density at radius 2 is 2.06 bits per heavy atom. The molecule has 0 amide bonds. The Bertz CT molecular complexity index is 436. The third-order valence-corrected chi connectivity index (χ3v) is 2.21. The maximum absolute atomic E-state index is 11.8. The highest BCUT2D eigenvalue weighted by atomic mass is 16.5. The van der Waals surface area contributed by atoms with E-state index in [1.165, 1.54) is 17.7 Å². The summed E-state index contributed by atoms with van der Waals surface area (Å²) in [4.78, 5) is 37.9. The minimum Gasteiger partial charge on any atom is -0.463 e. The van der Waals surface area contributed by atoms with E-state index < -0.39 is 23.5 Å². The van der Waals surface area contributed by atoms with Crippen LogP contribution in [0.2, 0.25) is 0 Å². The Hall–Kier alpha value is -1.98. The molecule has 1 heterocycles. The van der Waals surface area contributed by atoms with Gasteiger partial charge >= 0.3 is 5.97 Å². The number of rotatable bonds is 4. The topological polar surface area (TPSA) is 78.3 Å². The van der Waals surface area contributed by atoms with Crippen molar-refractivity contribution in [3.63, 3.8) is 0 Å². The first-order valence-electron chi connectivity index (χ1n) is 4.62. The van der Waals surface area contributed by atoms with Gasteiger partial charge in [0.25, 0.3) is 5.78 Å². The number of aryl methyl sites for hydroxylation is 1. The van der Waals surface area contributed by atoms with Gasteiger partial charge in [-0.15, -0.1) is 0 Å². The Morgan fingerprint density at radius 3 is 2.50 bits per heavy atom. The Labute approximate surface area is 92.2 Å². The number of hydrogen-bond donors (Lipinski definition) is 0. The van der Waals surface area contributed by atoms with Gasteiger partial charge in [0.2, 0.25) is 5.78 Å². The average Bonchev–Trinajstić information content (AvgIpc) is 2.71. The number of Topliss-reactive ketones (excluding diaryl/α,β-unsaturated/α-hetero) is 2. The van der Waals surface area contributed by atoms with Gasteiger partial charge in [-0.3, -0.25) is 9.59 Å². The smallest absolute Gasteiger partial charge is 0.375 e. The lowest BCUT2D eigenvalue weighted by atomic mass is 10.0. The van der Waals surface area contributed by atoms with Crippen LogP contribution in [0.15, 0.2) is 12.4 Å². The Balaban J connectivity index is 2.87. The fourth-order valence-electron chi connectivity index (χ4n) is 1.19. The molecule has 0 fully saturated rings. The number of ether oxygens (including phenoxy) is 1. The molecule has 86 valence electrons. The predicted octanol–water partition coefficient (Wildman–Crippen LogP) is -0.0190. The van der Waals surface area contributed by atoms with E-state index in [4.69, 9.17) is 0 Å². The van der Waals surface area contributed by atoms with Gasteiger partial charge in [0.15, 0.2) is 5.82 Å². The zero-order chi connectivity index (χ0) is 12.3. The molecular formula is C10H12N2O4. The largest absolute Gasteiger partial charge is 0.463 e. The van der Waals surface area contributed by atoms with Crippen molar-refractivity contribution in [3.05, 3.63) is 18.2 Å². The molecule has 0 radical (unpaired) electrons. The van der Waals surface area contributed by atoms with Crippen LogP contribution in [0.5, 0.6) is 0 Å². The monoisotopic (exact) mass is 224 g/mol. The molecule has 0 saturated carbocycles. The van der Waals surface area contributed by atoms with Crippen LogP contribution in [0.3, 0.4) is 0 Å². The van der Waals surface area contributed by atoms with E-state index in [1.54, 1.807) is 13.2 Å². The zero-order valence-electron chi connectivity index (χ0n) is 9.26. The van der Waals surface area contributed by atoms with E-state index in [0.717, 1.165) is 7.11 Å². The van der Waals surface area contributed by atoms with Crippen LogP contribution in [-0.4, -0.2) is 34.2 Å². The first-order chi connectivity index (χ1) is 7.49. The molecule has 6 nitrogen and oxygen atoms in total. The molecular weight excluding hydrogens is 212 g/mol. The maximum Gasteiger partial charge on any atom is 0.375 e. The molecule has 0 aromatic carbocycles. The van der Waals surface area contributed by atoms with E-state index in [0.29, 0.717) is 0 Å². The predicted molar refractivity (Wildman–Crippen MR) is 53.7 cm³/mol. The van der Waals surface area contributed by atoms with Crippen molar-refractivity contribution in [2.45, 2.75) is 6.92 Å². The molecule has 0 spiro atoms. The Morgan fingerprint density at radius 1 is 1.44 bits per heavy atom. The van der Waals surface area contributed by atoms with Gasteiger partial charge in [-0.1, -0.05) is 0 Å². The van der Waals surface area contributed by atoms with Crippen LogP contribution in [0, 0.1) is 5.92 Å². The van der Waals surface area contributed by atoms with Crippen molar-refractivity contribution in [1.82, 2.24) is 9.55 Å². The van der Waals surface area contributed by atoms with Crippen LogP contribution in [0.25, 0.3) is 0 Å². The molecule has 6 heteroatoms. The highest BCUT2D eigenvalue weighted by molar-refractivity contribution is 6.39. The molecule has 0 bridgehead atoms. The van der Waals surface area contributed by atoms with Crippen LogP contribution >= 0.6 is 0 Å². The van der Waals surface area contributed by atoms with Crippen LogP contribution in [-0.2, 0) is 21.4 Å². The second-order valence-corrected chi connectivity index (χ2v) is 3.30. The quantitative estimate of drug-likeness (QED) is 0.311. The molecule has 0 aliphatic carbocycles. The molecule has 0 aliphatic heterocycles. The summed E-state index contributed by atoms with van der Waals surface area (Å²) in [5.74, 6) is -3.31. The number of ketones is 2. The van der Waals surface area contributed by atoms with Crippen molar-refractivity contribution >= 4 is 17.5 Å². The van der Waals surface area contributed by atoms with Crippen molar-refractivity contribution in [3.8, 4) is 0 Å². The van der Waals surface area contributed by atoms with Crippen molar-refractivity contribution in [1.29, 1.82) is 0 Å². The zero-order valence-corrected chi connectivity index (χ0v) is 9.26. The third-order valence-electron chi connectivity index (χ3n) is 2.21. The summed E-state index contributed by atoms with van der Waals surface area (Å²) >= 11 is 0. The van der Waals surface area contributed by atoms with Crippen LogP contribution in [0.1, 0.15) is 17.5 Å². The lowest BCUT2D eigenvalue weighted by Crippen LogP contribution is -2.30. The fourth-order valence-corrected chi connectivity index (χ4v) is 1.19. The molecule has 0 aliphatic rings. The summed E-state index contributed by atoms with van der Waals surface area (Å²) in [7, 11) is 2.73. The standard InChI is InChI=1S/C10H12N2O4/c1-6(8(14)10(15)16-3)7(13)9-11-4-5-12(9)2/h4-6H,1-3H3. The van der Waals surface area contributed by atoms with Crippen molar-refractivity contribution < 1.29 is 19.1 Å². The summed E-state index contributed by atoms with van der Waals surface area (Å²) < 4.78 is 5.75. The van der Waals surface area contributed by atoms with Gasteiger partial charge in [-0.25, -0.2) is 9.78 Å². The number of aromatic nitrogens is 2. The summed E-state index contributed by atoms with van der Waals surface area (Å²) in [5, 5.41) is 0. The molecule has 1 aromatic rings. The third kappa shape index (κ3) is 2.16. The fraction of sp³-hybridized carbons (Fsp3) is 0.400. The van der Waals surface area contributed by atoms with Crippen LogP contribution < -0.4 is 0 Å². The molecule has 16 heavy (non-hydrogen) atoms. The van der Waals surface area contributed by atoms with Crippen molar-refractivity contribution in [2.24, 2.45) is 13.0 Å². The lowest BCUT2D eigenvalue weighted by molar-refractivity contribution is -0.152. The average molecular weight is 224 g/mol. The molecule has 1 aromatic heterocycles. The minimum absolute atomic E-state index is 0.143. The van der Waals surface area contributed by atoms with Crippen LogP contribution in [0.4, 0.5) is 0 Å². The van der Waals surface area contributed by atoms with E-state index in [1.807, 2.05) is 0 Å². The number of carbonyl (C=O) groups excluding carboxylic acids is 3. The first kappa shape index (κ1) is 12.1. The van der Waals surface area contributed by atoms with E-state index in [9.17, 15) is 14.4 Å². The first-order valence-corrected chi connectivity index (χ1v) is 4.62. The van der Waals surface area contributed by atoms with Gasteiger partial charge in [0.1, 0.15) is 0 Å². The molecule has 1 unspecified atom stereocenters. The van der Waals surface area contributed by atoms with E-state index in [2.05, 4.69) is 9.72 Å². The van der Waals surface area contributed by atoms with Gasteiger partial charge in [0.05, 0.1) is 13.0 Å². The normalized spacial score (nSPS) is 11.9.